The van der Waals surface area contributed by atoms with E-state index in [9.17, 15) is 9.59 Å². The minimum Gasteiger partial charge on any atom is -0.449 e. The molecule has 1 unspecified atom stereocenters. The highest BCUT2D eigenvalue weighted by Gasteiger charge is 2.21. The first-order valence-corrected chi connectivity index (χ1v) is 10.7. The lowest BCUT2D eigenvalue weighted by molar-refractivity contribution is -0.123. The minimum absolute atomic E-state index is 0.421. The molecule has 5 nitrogen and oxygen atoms in total. The molecule has 3 aromatic rings. The second-order valence-electron chi connectivity index (χ2n) is 5.81. The average molecular weight is 433 g/mol. The van der Waals surface area contributed by atoms with E-state index in [1.165, 1.54) is 30.0 Å². The molecular weight excluding hydrogens is 416 g/mol. The summed E-state index contributed by atoms with van der Waals surface area (Å²) < 4.78 is 5.37. The van der Waals surface area contributed by atoms with E-state index >= 15 is 0 Å². The van der Waals surface area contributed by atoms with Gasteiger partial charge in [0.2, 0.25) is 0 Å². The number of carbonyl (C=O) groups excluding carboxylic acids is 2. The molecule has 28 heavy (non-hydrogen) atoms. The zero-order valence-electron chi connectivity index (χ0n) is 14.9. The third-order valence-corrected chi connectivity index (χ3v) is 5.69. The fourth-order valence-electron chi connectivity index (χ4n) is 2.31. The number of esters is 1. The summed E-state index contributed by atoms with van der Waals surface area (Å²) in [5, 5.41) is 5.16. The predicted molar refractivity (Wildman–Crippen MR) is 113 cm³/mol. The fourth-order valence-corrected chi connectivity index (χ4v) is 4.11. The Morgan fingerprint density at radius 1 is 1.25 bits per heavy atom. The van der Waals surface area contributed by atoms with E-state index in [1.54, 1.807) is 41.9 Å². The molecule has 0 saturated carbocycles. The Morgan fingerprint density at radius 3 is 2.82 bits per heavy atom. The minimum atomic E-state index is -0.955. The predicted octanol–water partition coefficient (Wildman–Crippen LogP) is 5.27. The normalized spacial score (nSPS) is 11.6. The highest BCUT2D eigenvalue weighted by atomic mass is 35.5. The van der Waals surface area contributed by atoms with Crippen molar-refractivity contribution in [1.29, 1.82) is 0 Å². The van der Waals surface area contributed by atoms with Crippen LogP contribution in [0.2, 0.25) is 5.02 Å². The van der Waals surface area contributed by atoms with E-state index in [-0.39, 0.29) is 0 Å². The first kappa shape index (κ1) is 20.4. The van der Waals surface area contributed by atoms with Crippen LogP contribution in [0.15, 0.2) is 64.3 Å². The van der Waals surface area contributed by atoms with Crippen LogP contribution in [0, 0.1) is 0 Å². The number of hydrogen-bond acceptors (Lipinski definition) is 6. The number of carbonyl (C=O) groups is 2. The van der Waals surface area contributed by atoms with Gasteiger partial charge in [-0.25, -0.2) is 9.78 Å². The van der Waals surface area contributed by atoms with Gasteiger partial charge in [-0.1, -0.05) is 29.8 Å². The molecule has 1 heterocycles. The molecule has 0 radical (unpaired) electrons. The van der Waals surface area contributed by atoms with Gasteiger partial charge in [-0.05, 0) is 37.3 Å². The summed E-state index contributed by atoms with van der Waals surface area (Å²) >= 11 is 8.94. The molecule has 0 saturated heterocycles. The van der Waals surface area contributed by atoms with Crippen LogP contribution in [0.5, 0.6) is 0 Å². The lowest BCUT2D eigenvalue weighted by Gasteiger charge is -2.15. The van der Waals surface area contributed by atoms with Gasteiger partial charge in [-0.15, -0.1) is 23.1 Å². The van der Waals surface area contributed by atoms with Gasteiger partial charge in [0.25, 0.3) is 5.91 Å². The molecule has 0 aliphatic rings. The number of halogens is 1. The van der Waals surface area contributed by atoms with E-state index < -0.39 is 18.0 Å². The van der Waals surface area contributed by atoms with Crippen molar-refractivity contribution in [2.75, 3.05) is 5.32 Å². The summed E-state index contributed by atoms with van der Waals surface area (Å²) in [7, 11) is 0. The molecule has 1 aromatic heterocycles. The molecule has 1 amide bonds. The number of ether oxygens (including phenoxy) is 1. The maximum Gasteiger partial charge on any atom is 0.340 e. The van der Waals surface area contributed by atoms with Gasteiger partial charge in [0.15, 0.2) is 6.10 Å². The van der Waals surface area contributed by atoms with Crippen LogP contribution >= 0.6 is 34.7 Å². The first-order valence-electron chi connectivity index (χ1n) is 8.39. The SMILES string of the molecule is CC(OC(=O)c1ccccc1SCc1cscn1)C(=O)Nc1cccc(Cl)c1. The zero-order chi connectivity index (χ0) is 19.9. The fraction of sp³-hybridized carbons (Fsp3) is 0.150. The number of amides is 1. The van der Waals surface area contributed by atoms with Crippen LogP contribution in [-0.2, 0) is 15.3 Å². The van der Waals surface area contributed by atoms with Gasteiger partial charge < -0.3 is 10.1 Å². The van der Waals surface area contributed by atoms with Gasteiger partial charge in [-0.2, -0.15) is 0 Å². The maximum atomic E-state index is 12.6. The summed E-state index contributed by atoms with van der Waals surface area (Å²) in [4.78, 5) is 29.9. The third-order valence-electron chi connectivity index (χ3n) is 3.71. The molecule has 3 rings (SSSR count). The van der Waals surface area contributed by atoms with E-state index in [0.717, 1.165) is 10.6 Å². The molecule has 144 valence electrons. The van der Waals surface area contributed by atoms with Crippen molar-refractivity contribution in [2.45, 2.75) is 23.7 Å². The summed E-state index contributed by atoms with van der Waals surface area (Å²) in [6.45, 7) is 1.53. The van der Waals surface area contributed by atoms with Crippen LogP contribution in [0.3, 0.4) is 0 Å². The number of thiazole rings is 1. The molecule has 0 bridgehead atoms. The van der Waals surface area contributed by atoms with E-state index in [0.29, 0.717) is 22.0 Å². The monoisotopic (exact) mass is 432 g/mol. The van der Waals surface area contributed by atoms with E-state index in [4.69, 9.17) is 16.3 Å². The quantitative estimate of drug-likeness (QED) is 0.406. The number of rotatable bonds is 7. The number of nitrogens with zero attached hydrogens (tertiary/aromatic N) is 1. The zero-order valence-corrected chi connectivity index (χ0v) is 17.3. The van der Waals surface area contributed by atoms with Crippen molar-refractivity contribution in [3.63, 3.8) is 0 Å². The third kappa shape index (κ3) is 5.58. The number of benzene rings is 2. The lowest BCUT2D eigenvalue weighted by atomic mass is 10.2. The van der Waals surface area contributed by atoms with Crippen molar-refractivity contribution in [3.8, 4) is 0 Å². The Morgan fingerprint density at radius 2 is 2.07 bits per heavy atom. The lowest BCUT2D eigenvalue weighted by Crippen LogP contribution is -2.30. The van der Waals surface area contributed by atoms with E-state index in [2.05, 4.69) is 10.3 Å². The Balaban J connectivity index is 1.62. The second-order valence-corrected chi connectivity index (χ2v) is 7.98. The van der Waals surface area contributed by atoms with Crippen LogP contribution in [-0.4, -0.2) is 23.0 Å². The topological polar surface area (TPSA) is 68.3 Å². The van der Waals surface area contributed by atoms with Gasteiger partial charge in [0.05, 0.1) is 16.8 Å². The number of anilines is 1. The van der Waals surface area contributed by atoms with Gasteiger partial charge in [-0.3, -0.25) is 4.79 Å². The number of thioether (sulfide) groups is 1. The van der Waals surface area contributed by atoms with Crippen LogP contribution in [0.4, 0.5) is 5.69 Å². The smallest absolute Gasteiger partial charge is 0.340 e. The Hall–Kier alpha value is -2.35. The van der Waals surface area contributed by atoms with Gasteiger partial charge in [0, 0.05) is 26.7 Å². The molecule has 0 fully saturated rings. The summed E-state index contributed by atoms with van der Waals surface area (Å²) in [5.74, 6) is -0.322. The largest absolute Gasteiger partial charge is 0.449 e. The highest BCUT2D eigenvalue weighted by molar-refractivity contribution is 7.98. The molecule has 1 N–H and O–H groups in total. The van der Waals surface area contributed by atoms with Crippen molar-refractivity contribution >= 4 is 52.3 Å². The second kappa shape index (κ2) is 9.73. The molecule has 8 heteroatoms. The van der Waals surface area contributed by atoms with Gasteiger partial charge in [0.1, 0.15) is 0 Å². The summed E-state index contributed by atoms with van der Waals surface area (Å²) in [6, 6.07) is 13.9. The Labute approximate surface area is 176 Å². The molecule has 0 aliphatic carbocycles. The van der Waals surface area contributed by atoms with Crippen molar-refractivity contribution in [1.82, 2.24) is 4.98 Å². The van der Waals surface area contributed by atoms with Crippen LogP contribution in [0.25, 0.3) is 0 Å². The van der Waals surface area contributed by atoms with Crippen molar-refractivity contribution in [2.24, 2.45) is 0 Å². The molecule has 2 aromatic carbocycles. The van der Waals surface area contributed by atoms with Crippen LogP contribution in [0.1, 0.15) is 23.0 Å². The van der Waals surface area contributed by atoms with E-state index in [1.807, 2.05) is 17.5 Å². The maximum absolute atomic E-state index is 12.6. The molecule has 0 aliphatic heterocycles. The van der Waals surface area contributed by atoms with Crippen molar-refractivity contribution in [3.05, 3.63) is 75.7 Å². The Kier molecular flexibility index (Phi) is 7.08. The molecule has 1 atom stereocenters. The number of nitrogens with one attached hydrogen (secondary N) is 1. The summed E-state index contributed by atoms with van der Waals surface area (Å²) in [6.07, 6.45) is -0.955. The number of hydrogen-bond donors (Lipinski definition) is 1. The summed E-state index contributed by atoms with van der Waals surface area (Å²) in [5.41, 5.74) is 3.69. The first-order chi connectivity index (χ1) is 13.5. The van der Waals surface area contributed by atoms with Crippen LogP contribution < -0.4 is 5.32 Å². The Bertz CT molecular complexity index is 964. The van der Waals surface area contributed by atoms with Crippen molar-refractivity contribution < 1.29 is 14.3 Å². The standard InChI is InChI=1S/C20H17ClN2O3S2/c1-13(19(24)23-15-6-4-5-14(21)9-15)26-20(25)17-7-2-3-8-18(17)28-11-16-10-27-12-22-16/h2-10,12-13H,11H2,1H3,(H,23,24). The highest BCUT2D eigenvalue weighted by Crippen LogP contribution is 2.27. The molecule has 0 spiro atoms. The molecular formula is C20H17ClN2O3S2. The average Bonchev–Trinajstić information content (AvgIpc) is 3.20. The number of aromatic nitrogens is 1. The van der Waals surface area contributed by atoms with Gasteiger partial charge >= 0.3 is 5.97 Å².